The van der Waals surface area contributed by atoms with E-state index >= 15 is 0 Å². The van der Waals surface area contributed by atoms with Crippen LogP contribution in [0.25, 0.3) is 0 Å². The molecule has 1 aromatic heterocycles. The lowest BCUT2D eigenvalue weighted by Gasteiger charge is -2.45. The highest BCUT2D eigenvalue weighted by atomic mass is 19.4. The summed E-state index contributed by atoms with van der Waals surface area (Å²) in [7, 11) is 1.60. The third-order valence-electron chi connectivity index (χ3n) is 3.98. The maximum Gasteiger partial charge on any atom is 0.406 e. The lowest BCUT2D eigenvalue weighted by Crippen LogP contribution is -2.51. The monoisotopic (exact) mass is 306 g/mol. The lowest BCUT2D eigenvalue weighted by molar-refractivity contribution is -0.388. The maximum absolute atomic E-state index is 13.0. The molecule has 0 saturated carbocycles. The minimum absolute atomic E-state index is 0.0845. The molecular formula is C12H17F3N4O2. The van der Waals surface area contributed by atoms with Crippen molar-refractivity contribution in [2.45, 2.75) is 26.4 Å². The Kier molecular flexibility index (Phi) is 3.63. The summed E-state index contributed by atoms with van der Waals surface area (Å²) in [5, 5.41) is 11.0. The van der Waals surface area contributed by atoms with Crippen molar-refractivity contribution in [1.82, 2.24) is 9.55 Å². The Hall–Kier alpha value is -1.80. The number of nitro groups is 1. The highest BCUT2D eigenvalue weighted by molar-refractivity contribution is 5.55. The van der Waals surface area contributed by atoms with Gasteiger partial charge >= 0.3 is 12.0 Å². The molecule has 1 saturated heterocycles. The van der Waals surface area contributed by atoms with Crippen molar-refractivity contribution in [3.63, 3.8) is 0 Å². The standard InChI is InChI=1S/C12H17F3N4O2/c1-11(2)6-18(5-4-8(11)12(13,14)15)10-9(19(20)21)16-7-17(10)3/h7-8H,4-6H2,1-3H3. The molecule has 0 spiro atoms. The molecule has 2 heterocycles. The van der Waals surface area contributed by atoms with E-state index < -0.39 is 22.4 Å². The van der Waals surface area contributed by atoms with Gasteiger partial charge in [0.05, 0.1) is 5.92 Å². The van der Waals surface area contributed by atoms with Gasteiger partial charge in [-0.15, -0.1) is 0 Å². The van der Waals surface area contributed by atoms with Gasteiger partial charge in [0.2, 0.25) is 12.1 Å². The molecule has 1 unspecified atom stereocenters. The summed E-state index contributed by atoms with van der Waals surface area (Å²) >= 11 is 0. The van der Waals surface area contributed by atoms with E-state index in [2.05, 4.69) is 4.98 Å². The minimum atomic E-state index is -4.26. The van der Waals surface area contributed by atoms with Crippen LogP contribution in [-0.2, 0) is 7.05 Å². The Balaban J connectivity index is 2.31. The van der Waals surface area contributed by atoms with Crippen molar-refractivity contribution < 1.29 is 18.1 Å². The minimum Gasteiger partial charge on any atom is -0.358 e. The topological polar surface area (TPSA) is 64.2 Å². The highest BCUT2D eigenvalue weighted by Crippen LogP contribution is 2.46. The van der Waals surface area contributed by atoms with Gasteiger partial charge in [-0.2, -0.15) is 13.2 Å². The quantitative estimate of drug-likeness (QED) is 0.622. The molecule has 0 aliphatic carbocycles. The maximum atomic E-state index is 13.0. The lowest BCUT2D eigenvalue weighted by atomic mass is 9.73. The molecule has 1 fully saturated rings. The molecule has 1 aliphatic rings. The molecule has 0 N–H and O–H groups in total. The molecule has 0 aromatic carbocycles. The van der Waals surface area contributed by atoms with E-state index in [4.69, 9.17) is 0 Å². The van der Waals surface area contributed by atoms with Crippen molar-refractivity contribution >= 4 is 11.6 Å². The van der Waals surface area contributed by atoms with Crippen molar-refractivity contribution in [2.75, 3.05) is 18.0 Å². The molecule has 118 valence electrons. The van der Waals surface area contributed by atoms with Crippen LogP contribution in [-0.4, -0.2) is 33.7 Å². The first-order valence-corrected chi connectivity index (χ1v) is 6.51. The van der Waals surface area contributed by atoms with E-state index in [1.54, 1.807) is 25.8 Å². The second-order valence-corrected chi connectivity index (χ2v) is 6.05. The zero-order chi connectivity index (χ0) is 16.0. The number of anilines is 1. The third kappa shape index (κ3) is 2.81. The van der Waals surface area contributed by atoms with Gasteiger partial charge in [-0.1, -0.05) is 13.8 Å². The van der Waals surface area contributed by atoms with E-state index in [-0.39, 0.29) is 31.1 Å². The first kappa shape index (κ1) is 15.6. The number of piperidine rings is 1. The van der Waals surface area contributed by atoms with E-state index in [1.807, 2.05) is 0 Å². The van der Waals surface area contributed by atoms with Crippen LogP contribution in [0.4, 0.5) is 24.8 Å². The Morgan fingerprint density at radius 1 is 1.48 bits per heavy atom. The van der Waals surface area contributed by atoms with E-state index in [0.29, 0.717) is 0 Å². The Bertz CT molecular complexity index is 553. The number of aryl methyl sites for hydroxylation is 1. The fraction of sp³-hybridized carbons (Fsp3) is 0.750. The van der Waals surface area contributed by atoms with Gasteiger partial charge < -0.3 is 15.0 Å². The molecule has 0 radical (unpaired) electrons. The second-order valence-electron chi connectivity index (χ2n) is 6.05. The number of aromatic nitrogens is 2. The van der Waals surface area contributed by atoms with Crippen LogP contribution in [0.2, 0.25) is 0 Å². The summed E-state index contributed by atoms with van der Waals surface area (Å²) in [4.78, 5) is 15.7. The fourth-order valence-corrected chi connectivity index (χ4v) is 3.05. The van der Waals surface area contributed by atoms with Crippen LogP contribution in [0.3, 0.4) is 0 Å². The molecule has 1 aliphatic heterocycles. The summed E-state index contributed by atoms with van der Waals surface area (Å²) in [5.74, 6) is -1.47. The zero-order valence-electron chi connectivity index (χ0n) is 12.0. The second kappa shape index (κ2) is 4.88. The van der Waals surface area contributed by atoms with Crippen LogP contribution in [0, 0.1) is 21.4 Å². The Morgan fingerprint density at radius 2 is 2.10 bits per heavy atom. The highest BCUT2D eigenvalue weighted by Gasteiger charge is 2.52. The van der Waals surface area contributed by atoms with Gasteiger partial charge in [-0.05, 0) is 21.7 Å². The first-order chi connectivity index (χ1) is 9.54. The van der Waals surface area contributed by atoms with E-state index in [9.17, 15) is 23.3 Å². The summed E-state index contributed by atoms with van der Waals surface area (Å²) in [6.07, 6.45) is -3.04. The normalized spacial score (nSPS) is 22.4. The van der Waals surface area contributed by atoms with Gasteiger partial charge in [0, 0.05) is 20.1 Å². The van der Waals surface area contributed by atoms with Crippen molar-refractivity contribution in [3.8, 4) is 0 Å². The molecule has 2 rings (SSSR count). The largest absolute Gasteiger partial charge is 0.406 e. The molecule has 0 bridgehead atoms. The first-order valence-electron chi connectivity index (χ1n) is 6.51. The van der Waals surface area contributed by atoms with Crippen LogP contribution in [0.1, 0.15) is 20.3 Å². The molecule has 6 nitrogen and oxygen atoms in total. The van der Waals surface area contributed by atoms with Crippen LogP contribution in [0.5, 0.6) is 0 Å². The number of imidazole rings is 1. The van der Waals surface area contributed by atoms with E-state index in [0.717, 1.165) is 0 Å². The predicted octanol–water partition coefficient (Wildman–Crippen LogP) is 2.74. The van der Waals surface area contributed by atoms with Crippen LogP contribution in [0.15, 0.2) is 6.33 Å². The smallest absolute Gasteiger partial charge is 0.358 e. The summed E-state index contributed by atoms with van der Waals surface area (Å²) in [6, 6.07) is 0. The molecule has 1 aromatic rings. The molecular weight excluding hydrogens is 289 g/mol. The van der Waals surface area contributed by atoms with Gasteiger partial charge in [0.25, 0.3) is 0 Å². The van der Waals surface area contributed by atoms with Gasteiger partial charge in [-0.25, -0.2) is 0 Å². The summed E-state index contributed by atoms with van der Waals surface area (Å²) in [5.41, 5.74) is -1.02. The molecule has 0 amide bonds. The van der Waals surface area contributed by atoms with Crippen molar-refractivity contribution in [2.24, 2.45) is 18.4 Å². The number of rotatable bonds is 2. The van der Waals surface area contributed by atoms with Gasteiger partial charge in [0.1, 0.15) is 0 Å². The van der Waals surface area contributed by atoms with Crippen LogP contribution < -0.4 is 4.90 Å². The number of nitrogens with zero attached hydrogens (tertiary/aromatic N) is 4. The van der Waals surface area contributed by atoms with Gasteiger partial charge in [-0.3, -0.25) is 4.57 Å². The fourth-order valence-electron chi connectivity index (χ4n) is 3.05. The number of alkyl halides is 3. The number of halogens is 3. The molecule has 9 heteroatoms. The van der Waals surface area contributed by atoms with Gasteiger partial charge in [0.15, 0.2) is 0 Å². The Labute approximate surface area is 119 Å². The van der Waals surface area contributed by atoms with Crippen molar-refractivity contribution in [1.29, 1.82) is 0 Å². The number of hydrogen-bond acceptors (Lipinski definition) is 4. The Morgan fingerprint density at radius 3 is 2.57 bits per heavy atom. The van der Waals surface area contributed by atoms with E-state index in [1.165, 1.54) is 10.9 Å². The molecule has 1 atom stereocenters. The predicted molar refractivity (Wildman–Crippen MR) is 70.0 cm³/mol. The average Bonchev–Trinajstić information content (AvgIpc) is 2.67. The number of hydrogen-bond donors (Lipinski definition) is 0. The zero-order valence-corrected chi connectivity index (χ0v) is 12.0. The van der Waals surface area contributed by atoms with Crippen LogP contribution >= 0.6 is 0 Å². The average molecular weight is 306 g/mol. The summed E-state index contributed by atoms with van der Waals surface area (Å²) < 4.78 is 40.6. The third-order valence-corrected chi connectivity index (χ3v) is 3.98. The SMILES string of the molecule is Cn1cnc([N+](=O)[O-])c1N1CCC(C(F)(F)F)C(C)(C)C1. The molecule has 21 heavy (non-hydrogen) atoms. The summed E-state index contributed by atoms with van der Waals surface area (Å²) in [6.45, 7) is 3.30. The van der Waals surface area contributed by atoms with Crippen molar-refractivity contribution in [3.05, 3.63) is 16.4 Å².